The largest absolute Gasteiger partial charge is 0.481 e. The molecule has 2 nitrogen and oxygen atoms in total. The number of hydrogen-bond donors (Lipinski definition) is 1. The Balaban J connectivity index is 4.29. The van der Waals surface area contributed by atoms with Crippen LogP contribution in [0.25, 0.3) is 0 Å². The van der Waals surface area contributed by atoms with Gasteiger partial charge in [0.15, 0.2) is 0 Å². The second-order valence-electron chi connectivity index (χ2n) is 3.73. The number of aliphatic carboxylic acids is 1. The zero-order valence-electron chi connectivity index (χ0n) is 9.55. The molecule has 2 heteroatoms. The minimum Gasteiger partial charge on any atom is -0.481 e. The van der Waals surface area contributed by atoms with E-state index in [9.17, 15) is 4.79 Å². The fourth-order valence-corrected chi connectivity index (χ4v) is 1.36. The summed E-state index contributed by atoms with van der Waals surface area (Å²) in [6.45, 7) is 6.02. The van der Waals surface area contributed by atoms with E-state index in [0.29, 0.717) is 0 Å². The van der Waals surface area contributed by atoms with Crippen LogP contribution < -0.4 is 0 Å². The van der Waals surface area contributed by atoms with Crippen molar-refractivity contribution in [1.82, 2.24) is 0 Å². The van der Waals surface area contributed by atoms with Crippen LogP contribution in [0.2, 0.25) is 0 Å². The van der Waals surface area contributed by atoms with E-state index in [4.69, 9.17) is 5.11 Å². The summed E-state index contributed by atoms with van der Waals surface area (Å²) in [6.07, 6.45) is 7.33. The van der Waals surface area contributed by atoms with Crippen molar-refractivity contribution in [2.45, 2.75) is 52.9 Å². The molecule has 0 spiro atoms. The van der Waals surface area contributed by atoms with Gasteiger partial charge in [-0.3, -0.25) is 4.79 Å². The SMILES string of the molecule is CCCC=C(CCCC)C(C)C(=O)O. The van der Waals surface area contributed by atoms with E-state index in [2.05, 4.69) is 19.9 Å². The molecule has 0 aromatic rings. The first-order chi connectivity index (χ1) is 6.63. The van der Waals surface area contributed by atoms with Crippen molar-refractivity contribution < 1.29 is 9.90 Å². The lowest BCUT2D eigenvalue weighted by Crippen LogP contribution is -2.12. The van der Waals surface area contributed by atoms with Gasteiger partial charge in [-0.1, -0.05) is 38.3 Å². The van der Waals surface area contributed by atoms with Crippen molar-refractivity contribution in [3.8, 4) is 0 Å². The molecule has 0 fully saturated rings. The molecule has 14 heavy (non-hydrogen) atoms. The number of carbonyl (C=O) groups is 1. The molecule has 0 rings (SSSR count). The molecule has 0 saturated carbocycles. The third-order valence-corrected chi connectivity index (χ3v) is 2.44. The van der Waals surface area contributed by atoms with Crippen molar-refractivity contribution in [2.75, 3.05) is 0 Å². The topological polar surface area (TPSA) is 37.3 Å². The standard InChI is InChI=1S/C12H22O2/c1-4-6-8-11(9-7-5-2)10(3)12(13)14/h8,10H,4-7,9H2,1-3H3,(H,13,14). The summed E-state index contributed by atoms with van der Waals surface area (Å²) >= 11 is 0. The number of hydrogen-bond acceptors (Lipinski definition) is 1. The van der Waals surface area contributed by atoms with Crippen LogP contribution >= 0.6 is 0 Å². The van der Waals surface area contributed by atoms with E-state index in [-0.39, 0.29) is 5.92 Å². The predicted octanol–water partition coefficient (Wildman–Crippen LogP) is 3.62. The van der Waals surface area contributed by atoms with Crippen LogP contribution in [0.4, 0.5) is 0 Å². The molecule has 0 amide bonds. The zero-order valence-corrected chi connectivity index (χ0v) is 9.55. The summed E-state index contributed by atoms with van der Waals surface area (Å²) in [4.78, 5) is 10.8. The molecular formula is C12H22O2. The number of carboxylic acids is 1. The third-order valence-electron chi connectivity index (χ3n) is 2.44. The quantitative estimate of drug-likeness (QED) is 0.634. The molecule has 0 bridgehead atoms. The second kappa shape index (κ2) is 7.60. The number of unbranched alkanes of at least 4 members (excludes halogenated alkanes) is 2. The van der Waals surface area contributed by atoms with Gasteiger partial charge in [0, 0.05) is 0 Å². The second-order valence-corrected chi connectivity index (χ2v) is 3.73. The molecule has 1 atom stereocenters. The molecular weight excluding hydrogens is 176 g/mol. The Morgan fingerprint density at radius 1 is 1.36 bits per heavy atom. The van der Waals surface area contributed by atoms with Gasteiger partial charge in [0.1, 0.15) is 0 Å². The predicted molar refractivity (Wildman–Crippen MR) is 59.3 cm³/mol. The molecule has 0 radical (unpaired) electrons. The van der Waals surface area contributed by atoms with Crippen molar-refractivity contribution in [3.63, 3.8) is 0 Å². The van der Waals surface area contributed by atoms with E-state index in [1.54, 1.807) is 6.92 Å². The molecule has 0 aliphatic heterocycles. The van der Waals surface area contributed by atoms with E-state index < -0.39 is 5.97 Å². The Hall–Kier alpha value is -0.790. The maximum absolute atomic E-state index is 10.8. The van der Waals surface area contributed by atoms with Crippen molar-refractivity contribution in [3.05, 3.63) is 11.6 Å². The first-order valence-corrected chi connectivity index (χ1v) is 5.55. The molecule has 0 heterocycles. The number of carboxylic acid groups (broad SMARTS) is 1. The minimum absolute atomic E-state index is 0.312. The molecule has 0 aliphatic rings. The first-order valence-electron chi connectivity index (χ1n) is 5.55. The molecule has 0 aromatic carbocycles. The highest BCUT2D eigenvalue weighted by Gasteiger charge is 2.15. The minimum atomic E-state index is -0.705. The molecule has 0 aliphatic carbocycles. The van der Waals surface area contributed by atoms with Crippen molar-refractivity contribution in [2.24, 2.45) is 5.92 Å². The Morgan fingerprint density at radius 3 is 2.43 bits per heavy atom. The molecule has 1 N–H and O–H groups in total. The van der Waals surface area contributed by atoms with Gasteiger partial charge in [0.05, 0.1) is 5.92 Å². The van der Waals surface area contributed by atoms with Crippen LogP contribution in [-0.4, -0.2) is 11.1 Å². The van der Waals surface area contributed by atoms with E-state index in [1.165, 1.54) is 0 Å². The van der Waals surface area contributed by atoms with Crippen molar-refractivity contribution >= 4 is 5.97 Å². The number of allylic oxidation sites excluding steroid dienone is 1. The Labute approximate surface area is 87.0 Å². The Kier molecular flexibility index (Phi) is 7.17. The van der Waals surface area contributed by atoms with E-state index in [1.807, 2.05) is 0 Å². The van der Waals surface area contributed by atoms with Gasteiger partial charge in [-0.2, -0.15) is 0 Å². The van der Waals surface area contributed by atoms with Gasteiger partial charge in [-0.15, -0.1) is 0 Å². The lowest BCUT2D eigenvalue weighted by Gasteiger charge is -2.11. The monoisotopic (exact) mass is 198 g/mol. The molecule has 1 unspecified atom stereocenters. The fraction of sp³-hybridized carbons (Fsp3) is 0.750. The van der Waals surface area contributed by atoms with Gasteiger partial charge >= 0.3 is 5.97 Å². The zero-order chi connectivity index (χ0) is 11.0. The van der Waals surface area contributed by atoms with Gasteiger partial charge < -0.3 is 5.11 Å². The number of rotatable bonds is 7. The summed E-state index contributed by atoms with van der Waals surface area (Å²) in [5.74, 6) is -1.02. The smallest absolute Gasteiger partial charge is 0.310 e. The van der Waals surface area contributed by atoms with Gasteiger partial charge in [0.2, 0.25) is 0 Å². The lowest BCUT2D eigenvalue weighted by atomic mass is 9.95. The summed E-state index contributed by atoms with van der Waals surface area (Å²) in [5.41, 5.74) is 1.10. The van der Waals surface area contributed by atoms with Gasteiger partial charge in [-0.05, 0) is 26.2 Å². The first kappa shape index (κ1) is 13.2. The highest BCUT2D eigenvalue weighted by atomic mass is 16.4. The normalized spacial score (nSPS) is 14.1. The van der Waals surface area contributed by atoms with Crippen molar-refractivity contribution in [1.29, 1.82) is 0 Å². The average molecular weight is 198 g/mol. The maximum Gasteiger partial charge on any atom is 0.310 e. The highest BCUT2D eigenvalue weighted by Crippen LogP contribution is 2.19. The lowest BCUT2D eigenvalue weighted by molar-refractivity contribution is -0.139. The van der Waals surface area contributed by atoms with E-state index >= 15 is 0 Å². The van der Waals surface area contributed by atoms with Gasteiger partial charge in [-0.25, -0.2) is 0 Å². The third kappa shape index (κ3) is 5.05. The van der Waals surface area contributed by atoms with Crippen LogP contribution in [0, 0.1) is 5.92 Å². The average Bonchev–Trinajstić information content (AvgIpc) is 2.17. The van der Waals surface area contributed by atoms with E-state index in [0.717, 1.165) is 37.7 Å². The molecule has 0 aromatic heterocycles. The van der Waals surface area contributed by atoms with Crippen LogP contribution in [-0.2, 0) is 4.79 Å². The Bertz CT molecular complexity index is 194. The molecule has 0 saturated heterocycles. The van der Waals surface area contributed by atoms with Crippen LogP contribution in [0.1, 0.15) is 52.9 Å². The summed E-state index contributed by atoms with van der Waals surface area (Å²) in [5, 5.41) is 8.91. The molecule has 82 valence electrons. The highest BCUT2D eigenvalue weighted by molar-refractivity contribution is 5.73. The van der Waals surface area contributed by atoms with Crippen LogP contribution in [0.15, 0.2) is 11.6 Å². The Morgan fingerprint density at radius 2 is 2.00 bits per heavy atom. The van der Waals surface area contributed by atoms with Gasteiger partial charge in [0.25, 0.3) is 0 Å². The summed E-state index contributed by atoms with van der Waals surface area (Å²) < 4.78 is 0. The summed E-state index contributed by atoms with van der Waals surface area (Å²) in [6, 6.07) is 0. The van der Waals surface area contributed by atoms with Crippen LogP contribution in [0.3, 0.4) is 0 Å². The van der Waals surface area contributed by atoms with Crippen LogP contribution in [0.5, 0.6) is 0 Å². The summed E-state index contributed by atoms with van der Waals surface area (Å²) in [7, 11) is 0. The fourth-order valence-electron chi connectivity index (χ4n) is 1.36. The maximum atomic E-state index is 10.8.